The molecule has 1 aliphatic heterocycles. The Kier molecular flexibility index (Phi) is 3.83. The van der Waals surface area contributed by atoms with Gasteiger partial charge in [0.2, 0.25) is 5.88 Å². The molecule has 1 aliphatic rings. The molecule has 0 radical (unpaired) electrons. The lowest BCUT2D eigenvalue weighted by Gasteiger charge is -2.27. The molecule has 3 aromatic carbocycles. The fraction of sp³-hybridized carbons (Fsp3) is 0.231. The van der Waals surface area contributed by atoms with E-state index in [-0.39, 0.29) is 0 Å². The number of aryl methyl sites for hydroxylation is 6. The summed E-state index contributed by atoms with van der Waals surface area (Å²) in [6.45, 7) is 8.72. The highest BCUT2D eigenvalue weighted by Crippen LogP contribution is 2.47. The van der Waals surface area contributed by atoms with Crippen LogP contribution in [0.5, 0.6) is 0 Å². The molecule has 0 aliphatic carbocycles. The van der Waals surface area contributed by atoms with E-state index in [1.807, 2.05) is 0 Å². The lowest BCUT2D eigenvalue weighted by atomic mass is 10.0. The lowest BCUT2D eigenvalue weighted by Crippen LogP contribution is -2.13. The van der Waals surface area contributed by atoms with E-state index in [9.17, 15) is 0 Å². The van der Waals surface area contributed by atoms with Crippen LogP contribution >= 0.6 is 0 Å². The minimum Gasteiger partial charge on any atom is -0.439 e. The Morgan fingerprint density at radius 3 is 2.32 bits per heavy atom. The zero-order chi connectivity index (χ0) is 19.4. The molecule has 0 fully saturated rings. The molecule has 28 heavy (non-hydrogen) atoms. The average Bonchev–Trinajstić information content (AvgIpc) is 2.92. The van der Waals surface area contributed by atoms with Crippen molar-refractivity contribution in [1.82, 2.24) is 0 Å². The number of hydrogen-bond acceptors (Lipinski definition) is 2. The van der Waals surface area contributed by atoms with E-state index in [4.69, 9.17) is 4.42 Å². The first kappa shape index (κ1) is 17.1. The second-order valence-electron chi connectivity index (χ2n) is 8.10. The Bertz CT molecular complexity index is 1190. The van der Waals surface area contributed by atoms with Crippen molar-refractivity contribution in [3.63, 3.8) is 0 Å². The van der Waals surface area contributed by atoms with Gasteiger partial charge in [0.25, 0.3) is 0 Å². The third-order valence-electron chi connectivity index (χ3n) is 5.86. The molecule has 0 amide bonds. The van der Waals surface area contributed by atoms with Gasteiger partial charge in [-0.3, -0.25) is 4.90 Å². The second kappa shape index (κ2) is 6.27. The molecule has 5 rings (SSSR count). The van der Waals surface area contributed by atoms with Crippen LogP contribution in [0.2, 0.25) is 0 Å². The number of fused-ring (bicyclic) bond motifs is 4. The summed E-state index contributed by atoms with van der Waals surface area (Å²) in [6, 6.07) is 19.8. The van der Waals surface area contributed by atoms with Crippen molar-refractivity contribution in [3.8, 4) is 0 Å². The minimum atomic E-state index is 0.973. The van der Waals surface area contributed by atoms with Gasteiger partial charge in [-0.15, -0.1) is 0 Å². The van der Waals surface area contributed by atoms with Crippen LogP contribution in [0.3, 0.4) is 0 Å². The maximum atomic E-state index is 6.52. The normalized spacial score (nSPS) is 13.4. The second-order valence-corrected chi connectivity index (χ2v) is 8.10. The van der Waals surface area contributed by atoms with E-state index in [0.717, 1.165) is 24.3 Å². The van der Waals surface area contributed by atoms with Crippen LogP contribution in [-0.2, 0) is 12.8 Å². The third kappa shape index (κ3) is 2.56. The van der Waals surface area contributed by atoms with E-state index in [1.54, 1.807) is 0 Å². The molecule has 0 saturated carbocycles. The molecule has 0 spiro atoms. The van der Waals surface area contributed by atoms with E-state index in [0.29, 0.717) is 0 Å². The van der Waals surface area contributed by atoms with Crippen molar-refractivity contribution >= 4 is 28.2 Å². The van der Waals surface area contributed by atoms with Crippen molar-refractivity contribution in [2.24, 2.45) is 0 Å². The maximum absolute atomic E-state index is 6.52. The van der Waals surface area contributed by atoms with Crippen LogP contribution in [0, 0.1) is 27.7 Å². The summed E-state index contributed by atoms with van der Waals surface area (Å²) in [6.07, 6.45) is 2.01. The van der Waals surface area contributed by atoms with E-state index in [2.05, 4.69) is 87.2 Å². The molecule has 1 aromatic heterocycles. The molecule has 0 N–H and O–H groups in total. The number of para-hydroxylation sites is 1. The fourth-order valence-corrected chi connectivity index (χ4v) is 4.73. The standard InChI is InChI=1S/C26H25NO/c1-16-9-12-24-22(15-16)21-11-10-20-7-5-6-8-23(20)27(26(21)28-24)25-18(3)13-17(2)14-19(25)4/h5-9,12-15H,10-11H2,1-4H3. The van der Waals surface area contributed by atoms with Crippen LogP contribution in [0.15, 0.2) is 59.0 Å². The van der Waals surface area contributed by atoms with Crippen molar-refractivity contribution in [2.75, 3.05) is 4.90 Å². The molecule has 140 valence electrons. The highest BCUT2D eigenvalue weighted by Gasteiger charge is 2.29. The summed E-state index contributed by atoms with van der Waals surface area (Å²) in [5.74, 6) is 0.973. The summed E-state index contributed by atoms with van der Waals surface area (Å²) in [4.78, 5) is 2.36. The first-order valence-corrected chi connectivity index (χ1v) is 10.0. The molecule has 2 heterocycles. The zero-order valence-corrected chi connectivity index (χ0v) is 17.0. The Morgan fingerprint density at radius 2 is 1.54 bits per heavy atom. The Morgan fingerprint density at radius 1 is 0.786 bits per heavy atom. The molecular weight excluding hydrogens is 342 g/mol. The van der Waals surface area contributed by atoms with Crippen molar-refractivity contribution in [1.29, 1.82) is 0 Å². The van der Waals surface area contributed by atoms with Crippen LogP contribution < -0.4 is 4.90 Å². The molecule has 2 heteroatoms. The summed E-state index contributed by atoms with van der Waals surface area (Å²) in [5, 5.41) is 1.25. The minimum absolute atomic E-state index is 0.973. The van der Waals surface area contributed by atoms with Gasteiger partial charge in [-0.25, -0.2) is 0 Å². The van der Waals surface area contributed by atoms with Gasteiger partial charge in [0.05, 0.1) is 11.4 Å². The number of benzene rings is 3. The molecule has 4 aromatic rings. The van der Waals surface area contributed by atoms with Gasteiger partial charge in [0.15, 0.2) is 0 Å². The largest absolute Gasteiger partial charge is 0.439 e. The molecular formula is C26H25NO. The van der Waals surface area contributed by atoms with Crippen LogP contribution in [0.1, 0.15) is 33.4 Å². The Hall–Kier alpha value is -3.00. The fourth-order valence-electron chi connectivity index (χ4n) is 4.73. The topological polar surface area (TPSA) is 16.4 Å². The number of rotatable bonds is 1. The first-order chi connectivity index (χ1) is 13.5. The predicted octanol–water partition coefficient (Wildman–Crippen LogP) is 7.23. The van der Waals surface area contributed by atoms with Gasteiger partial charge in [-0.05, 0) is 75.4 Å². The maximum Gasteiger partial charge on any atom is 0.209 e. The van der Waals surface area contributed by atoms with Gasteiger partial charge >= 0.3 is 0 Å². The summed E-state index contributed by atoms with van der Waals surface area (Å²) in [7, 11) is 0. The molecule has 0 saturated heterocycles. The van der Waals surface area contributed by atoms with Crippen LogP contribution in [0.25, 0.3) is 11.0 Å². The zero-order valence-electron chi connectivity index (χ0n) is 17.0. The summed E-state index contributed by atoms with van der Waals surface area (Å²) < 4.78 is 6.52. The first-order valence-electron chi connectivity index (χ1n) is 10.0. The summed E-state index contributed by atoms with van der Waals surface area (Å²) in [5.41, 5.74) is 11.2. The molecule has 0 bridgehead atoms. The molecule has 2 nitrogen and oxygen atoms in total. The van der Waals surface area contributed by atoms with E-state index in [1.165, 1.54) is 50.1 Å². The Labute approximate surface area is 166 Å². The molecule has 0 unspecified atom stereocenters. The van der Waals surface area contributed by atoms with Crippen LogP contribution in [0.4, 0.5) is 17.3 Å². The summed E-state index contributed by atoms with van der Waals surface area (Å²) >= 11 is 0. The van der Waals surface area contributed by atoms with Crippen LogP contribution in [-0.4, -0.2) is 0 Å². The van der Waals surface area contributed by atoms with Gasteiger partial charge in [0.1, 0.15) is 5.58 Å². The van der Waals surface area contributed by atoms with Gasteiger partial charge < -0.3 is 4.42 Å². The monoisotopic (exact) mass is 367 g/mol. The lowest BCUT2D eigenvalue weighted by molar-refractivity contribution is 0.617. The quantitative estimate of drug-likeness (QED) is 0.353. The highest BCUT2D eigenvalue weighted by molar-refractivity contribution is 5.92. The van der Waals surface area contributed by atoms with Gasteiger partial charge in [-0.1, -0.05) is 47.5 Å². The Balaban J connectivity index is 1.87. The van der Waals surface area contributed by atoms with Crippen molar-refractivity contribution in [3.05, 3.63) is 88.0 Å². The third-order valence-corrected chi connectivity index (χ3v) is 5.86. The van der Waals surface area contributed by atoms with E-state index >= 15 is 0 Å². The highest BCUT2D eigenvalue weighted by atomic mass is 16.4. The average molecular weight is 367 g/mol. The number of nitrogens with zero attached hydrogens (tertiary/aromatic N) is 1. The molecule has 0 atom stereocenters. The van der Waals surface area contributed by atoms with Gasteiger partial charge in [0, 0.05) is 10.9 Å². The number of hydrogen-bond donors (Lipinski definition) is 0. The van der Waals surface area contributed by atoms with E-state index < -0.39 is 0 Å². The van der Waals surface area contributed by atoms with Crippen molar-refractivity contribution in [2.45, 2.75) is 40.5 Å². The predicted molar refractivity (Wildman–Crippen MR) is 117 cm³/mol. The number of anilines is 3. The SMILES string of the molecule is Cc1cc(C)c(N2c3ccccc3CCc3c2oc2ccc(C)cc32)c(C)c1. The smallest absolute Gasteiger partial charge is 0.209 e. The van der Waals surface area contributed by atoms with Gasteiger partial charge in [-0.2, -0.15) is 0 Å². The number of furan rings is 1. The van der Waals surface area contributed by atoms with Crippen molar-refractivity contribution < 1.29 is 4.42 Å².